The van der Waals surface area contributed by atoms with E-state index in [9.17, 15) is 4.79 Å². The molecule has 130 valence electrons. The predicted molar refractivity (Wildman–Crippen MR) is 98.6 cm³/mol. The van der Waals surface area contributed by atoms with E-state index in [4.69, 9.17) is 5.84 Å². The van der Waals surface area contributed by atoms with Gasteiger partial charge in [0.25, 0.3) is 0 Å². The summed E-state index contributed by atoms with van der Waals surface area (Å²) in [5, 5.41) is 11.4. The summed E-state index contributed by atoms with van der Waals surface area (Å²) in [6.07, 6.45) is 2.89. The van der Waals surface area contributed by atoms with Crippen molar-refractivity contribution >= 4 is 23.4 Å². The second-order valence-corrected chi connectivity index (χ2v) is 7.25. The van der Waals surface area contributed by atoms with Crippen LogP contribution in [0.3, 0.4) is 0 Å². The quantitative estimate of drug-likeness (QED) is 0.594. The number of nitrogen functional groups attached to an aromatic ring is 1. The first-order valence-corrected chi connectivity index (χ1v) is 9.04. The summed E-state index contributed by atoms with van der Waals surface area (Å²) in [4.78, 5) is 12.4. The van der Waals surface area contributed by atoms with Crippen LogP contribution in [-0.4, -0.2) is 26.0 Å². The first kappa shape index (κ1) is 18.3. The van der Waals surface area contributed by atoms with E-state index in [-0.39, 0.29) is 11.2 Å². The number of anilines is 1. The maximum absolute atomic E-state index is 12.4. The second kappa shape index (κ2) is 8.19. The zero-order chi connectivity index (χ0) is 17.7. The third-order valence-corrected chi connectivity index (χ3v) is 4.84. The van der Waals surface area contributed by atoms with Crippen molar-refractivity contribution in [3.8, 4) is 0 Å². The summed E-state index contributed by atoms with van der Waals surface area (Å²) in [5.41, 5.74) is 3.05. The summed E-state index contributed by atoms with van der Waals surface area (Å²) >= 11 is 1.31. The summed E-state index contributed by atoms with van der Waals surface area (Å²) in [6.45, 7) is 7.97. The van der Waals surface area contributed by atoms with E-state index in [0.717, 1.165) is 36.3 Å². The van der Waals surface area contributed by atoms with Crippen molar-refractivity contribution in [1.29, 1.82) is 0 Å². The Hall–Kier alpha value is -2.02. The molecule has 6 nitrogen and oxygen atoms in total. The molecule has 0 aliphatic rings. The number of unbranched alkanes of at least 4 members (excludes halogenated alkanes) is 1. The Morgan fingerprint density at radius 1 is 1.38 bits per heavy atom. The van der Waals surface area contributed by atoms with Gasteiger partial charge in [0.15, 0.2) is 5.82 Å². The Balaban J connectivity index is 2.00. The van der Waals surface area contributed by atoms with E-state index in [2.05, 4.69) is 22.4 Å². The van der Waals surface area contributed by atoms with Crippen LogP contribution in [0.2, 0.25) is 0 Å². The van der Waals surface area contributed by atoms with Gasteiger partial charge in [0.05, 0.1) is 5.25 Å². The Morgan fingerprint density at radius 3 is 2.79 bits per heavy atom. The average molecular weight is 347 g/mol. The minimum absolute atomic E-state index is 0.0786. The molecule has 0 spiro atoms. The van der Waals surface area contributed by atoms with E-state index in [1.807, 2.05) is 39.0 Å². The van der Waals surface area contributed by atoms with Gasteiger partial charge >= 0.3 is 0 Å². The van der Waals surface area contributed by atoms with Crippen molar-refractivity contribution < 1.29 is 4.79 Å². The highest BCUT2D eigenvalue weighted by Gasteiger charge is 2.19. The molecule has 1 amide bonds. The number of nitrogens with one attached hydrogen (secondary N) is 1. The van der Waals surface area contributed by atoms with Crippen molar-refractivity contribution in [1.82, 2.24) is 14.9 Å². The number of rotatable bonds is 7. The van der Waals surface area contributed by atoms with Gasteiger partial charge in [-0.3, -0.25) is 4.79 Å². The van der Waals surface area contributed by atoms with Crippen LogP contribution < -0.4 is 11.2 Å². The van der Waals surface area contributed by atoms with E-state index in [1.54, 1.807) is 0 Å². The van der Waals surface area contributed by atoms with Gasteiger partial charge < -0.3 is 11.2 Å². The summed E-state index contributed by atoms with van der Waals surface area (Å²) in [5.74, 6) is 6.70. The fourth-order valence-electron chi connectivity index (χ4n) is 2.29. The molecular formula is C17H25N5OS. The molecule has 1 aromatic heterocycles. The van der Waals surface area contributed by atoms with Crippen molar-refractivity contribution in [2.24, 2.45) is 0 Å². The van der Waals surface area contributed by atoms with Gasteiger partial charge in [-0.2, -0.15) is 0 Å². The number of hydrogen-bond donors (Lipinski definition) is 2. The number of aromatic nitrogens is 3. The molecule has 0 bridgehead atoms. The lowest BCUT2D eigenvalue weighted by Gasteiger charge is -2.13. The number of benzene rings is 1. The minimum atomic E-state index is -0.323. The van der Waals surface area contributed by atoms with E-state index in [0.29, 0.717) is 5.16 Å². The molecule has 2 rings (SSSR count). The van der Waals surface area contributed by atoms with Gasteiger partial charge in [0, 0.05) is 12.1 Å². The Bertz CT molecular complexity index is 713. The van der Waals surface area contributed by atoms with E-state index < -0.39 is 0 Å². The Morgan fingerprint density at radius 2 is 2.12 bits per heavy atom. The SMILES string of the molecule is CCCCc1nnc(S[C@H](C)C(=O)Nc2ccc(C)cc2C)n1N. The van der Waals surface area contributed by atoms with Gasteiger partial charge in [-0.05, 0) is 38.8 Å². The monoisotopic (exact) mass is 347 g/mol. The predicted octanol–water partition coefficient (Wildman–Crippen LogP) is 3.07. The highest BCUT2D eigenvalue weighted by molar-refractivity contribution is 8.00. The number of nitrogens with zero attached hydrogens (tertiary/aromatic N) is 3. The number of carbonyl (C=O) groups excluding carboxylic acids is 1. The third-order valence-electron chi connectivity index (χ3n) is 3.78. The molecule has 0 unspecified atom stereocenters. The van der Waals surface area contributed by atoms with Crippen LogP contribution in [0.25, 0.3) is 0 Å². The molecule has 0 fully saturated rings. The standard InChI is InChI=1S/C17H25N5OS/c1-5-6-7-15-20-21-17(22(15)18)24-13(4)16(23)19-14-9-8-11(2)10-12(14)3/h8-10,13H,5-7,18H2,1-4H3,(H,19,23)/t13-/m1/s1. The first-order valence-electron chi connectivity index (χ1n) is 8.16. The molecule has 1 heterocycles. The zero-order valence-corrected chi connectivity index (χ0v) is 15.5. The first-order chi connectivity index (χ1) is 11.4. The fraction of sp³-hybridized carbons (Fsp3) is 0.471. The normalized spacial score (nSPS) is 12.2. The highest BCUT2D eigenvalue weighted by atomic mass is 32.2. The van der Waals surface area contributed by atoms with Crippen molar-refractivity contribution in [2.75, 3.05) is 11.2 Å². The zero-order valence-electron chi connectivity index (χ0n) is 14.7. The van der Waals surface area contributed by atoms with Crippen LogP contribution in [0.1, 0.15) is 43.6 Å². The van der Waals surface area contributed by atoms with Gasteiger partial charge in [0.2, 0.25) is 11.1 Å². The molecule has 0 aliphatic heterocycles. The van der Waals surface area contributed by atoms with Crippen LogP contribution >= 0.6 is 11.8 Å². The minimum Gasteiger partial charge on any atom is -0.336 e. The van der Waals surface area contributed by atoms with Crippen molar-refractivity contribution in [3.05, 3.63) is 35.2 Å². The molecule has 7 heteroatoms. The van der Waals surface area contributed by atoms with E-state index >= 15 is 0 Å². The summed E-state index contributed by atoms with van der Waals surface area (Å²) in [7, 11) is 0. The number of nitrogens with two attached hydrogens (primary N) is 1. The number of amides is 1. The fourth-order valence-corrected chi connectivity index (χ4v) is 3.08. The third kappa shape index (κ3) is 4.50. The molecule has 0 saturated heterocycles. The van der Waals surface area contributed by atoms with Gasteiger partial charge in [-0.15, -0.1) is 10.2 Å². The smallest absolute Gasteiger partial charge is 0.237 e. The van der Waals surface area contributed by atoms with Crippen LogP contribution in [0.5, 0.6) is 0 Å². The number of hydrogen-bond acceptors (Lipinski definition) is 5. The average Bonchev–Trinajstić information content (AvgIpc) is 2.88. The van der Waals surface area contributed by atoms with Crippen LogP contribution in [-0.2, 0) is 11.2 Å². The molecule has 0 saturated carbocycles. The summed E-state index contributed by atoms with van der Waals surface area (Å²) in [6, 6.07) is 5.95. The van der Waals surface area contributed by atoms with Crippen molar-refractivity contribution in [3.63, 3.8) is 0 Å². The molecule has 3 N–H and O–H groups in total. The van der Waals surface area contributed by atoms with Crippen LogP contribution in [0.4, 0.5) is 5.69 Å². The van der Waals surface area contributed by atoms with Gasteiger partial charge in [-0.25, -0.2) is 4.68 Å². The maximum atomic E-state index is 12.4. The van der Waals surface area contributed by atoms with Gasteiger partial charge in [0.1, 0.15) is 0 Å². The lowest BCUT2D eigenvalue weighted by atomic mass is 10.1. The number of thioether (sulfide) groups is 1. The Kier molecular flexibility index (Phi) is 6.25. The largest absolute Gasteiger partial charge is 0.336 e. The molecule has 24 heavy (non-hydrogen) atoms. The lowest BCUT2D eigenvalue weighted by Crippen LogP contribution is -2.24. The molecule has 1 atom stereocenters. The number of aryl methyl sites for hydroxylation is 3. The summed E-state index contributed by atoms with van der Waals surface area (Å²) < 4.78 is 1.49. The molecule has 1 aromatic carbocycles. The number of carbonyl (C=O) groups is 1. The van der Waals surface area contributed by atoms with Crippen LogP contribution in [0.15, 0.2) is 23.4 Å². The van der Waals surface area contributed by atoms with Crippen molar-refractivity contribution in [2.45, 2.75) is 57.4 Å². The lowest BCUT2D eigenvalue weighted by molar-refractivity contribution is -0.115. The molecule has 2 aromatic rings. The van der Waals surface area contributed by atoms with E-state index in [1.165, 1.54) is 22.0 Å². The maximum Gasteiger partial charge on any atom is 0.237 e. The molecular weight excluding hydrogens is 322 g/mol. The van der Waals surface area contributed by atoms with Gasteiger partial charge in [-0.1, -0.05) is 42.8 Å². The van der Waals surface area contributed by atoms with Crippen LogP contribution in [0, 0.1) is 13.8 Å². The molecule has 0 aliphatic carbocycles. The highest BCUT2D eigenvalue weighted by Crippen LogP contribution is 2.23. The molecule has 0 radical (unpaired) electrons. The Labute approximate surface area is 147 Å². The topological polar surface area (TPSA) is 85.8 Å². The second-order valence-electron chi connectivity index (χ2n) is 5.94.